The molecule has 0 aromatic heterocycles. The molecule has 0 N–H and O–H groups in total. The Morgan fingerprint density at radius 3 is 2.56 bits per heavy atom. The normalized spacial score (nSPS) is 10.8. The first-order valence-electron chi connectivity index (χ1n) is 5.17. The van der Waals surface area contributed by atoms with Gasteiger partial charge in [0.1, 0.15) is 0 Å². The first-order chi connectivity index (χ1) is 7.90. The fraction of sp³-hybridized carbons (Fsp3) is 0. The number of hydrogen-bond acceptors (Lipinski definition) is 1. The lowest BCUT2D eigenvalue weighted by Gasteiger charge is -2.04. The summed E-state index contributed by atoms with van der Waals surface area (Å²) in [5.74, 6) is 0. The fourth-order valence-corrected chi connectivity index (χ4v) is 2.08. The molecule has 0 aliphatic heterocycles. The molecule has 75 valence electrons. The maximum absolute atomic E-state index is 10.9. The van der Waals surface area contributed by atoms with Crippen LogP contribution in [0.25, 0.3) is 21.5 Å². The van der Waals surface area contributed by atoms with Crippen molar-refractivity contribution in [2.45, 2.75) is 0 Å². The summed E-state index contributed by atoms with van der Waals surface area (Å²) in [6.45, 7) is 0. The van der Waals surface area contributed by atoms with Crippen molar-refractivity contribution >= 4 is 27.8 Å². The predicted octanol–water partition coefficient (Wildman–Crippen LogP) is 3.61. The zero-order chi connectivity index (χ0) is 11.0. The van der Waals surface area contributed by atoms with Crippen molar-refractivity contribution in [1.29, 1.82) is 0 Å². The SMILES string of the molecule is O=Cc1cccc2c1c[c]c1ccccc12. The second kappa shape index (κ2) is 3.46. The van der Waals surface area contributed by atoms with E-state index in [1.54, 1.807) is 0 Å². The van der Waals surface area contributed by atoms with Crippen LogP contribution in [0.1, 0.15) is 10.4 Å². The van der Waals surface area contributed by atoms with E-state index in [1.165, 1.54) is 0 Å². The molecule has 0 aliphatic rings. The van der Waals surface area contributed by atoms with Gasteiger partial charge in [0.2, 0.25) is 0 Å². The zero-order valence-corrected chi connectivity index (χ0v) is 8.60. The molecule has 3 rings (SSSR count). The third-order valence-corrected chi connectivity index (χ3v) is 2.86. The molecule has 0 fully saturated rings. The summed E-state index contributed by atoms with van der Waals surface area (Å²) in [6.07, 6.45) is 0.894. The van der Waals surface area contributed by atoms with E-state index in [9.17, 15) is 4.79 Å². The van der Waals surface area contributed by atoms with Crippen molar-refractivity contribution in [2.75, 3.05) is 0 Å². The summed E-state index contributed by atoms with van der Waals surface area (Å²) in [6, 6.07) is 19.0. The van der Waals surface area contributed by atoms with Crippen molar-refractivity contribution in [1.82, 2.24) is 0 Å². The first-order valence-corrected chi connectivity index (χ1v) is 5.17. The molecule has 0 heterocycles. The van der Waals surface area contributed by atoms with E-state index < -0.39 is 0 Å². The largest absolute Gasteiger partial charge is 0.298 e. The first kappa shape index (κ1) is 9.10. The van der Waals surface area contributed by atoms with E-state index in [0.717, 1.165) is 33.4 Å². The number of rotatable bonds is 1. The van der Waals surface area contributed by atoms with Crippen molar-refractivity contribution in [3.05, 3.63) is 60.2 Å². The monoisotopic (exact) mass is 205 g/mol. The van der Waals surface area contributed by atoms with Gasteiger partial charge in [0.25, 0.3) is 0 Å². The summed E-state index contributed by atoms with van der Waals surface area (Å²) in [7, 11) is 0. The molecule has 3 aromatic rings. The quantitative estimate of drug-likeness (QED) is 0.438. The Bertz CT molecular complexity index is 683. The fourth-order valence-electron chi connectivity index (χ4n) is 2.08. The maximum atomic E-state index is 10.9. The molecule has 0 atom stereocenters. The lowest BCUT2D eigenvalue weighted by molar-refractivity contribution is 0.112. The average molecular weight is 205 g/mol. The number of carbonyl (C=O) groups excluding carboxylic acids is 1. The van der Waals surface area contributed by atoms with E-state index in [-0.39, 0.29) is 0 Å². The van der Waals surface area contributed by atoms with Crippen LogP contribution in [0, 0.1) is 6.07 Å². The molecule has 0 saturated heterocycles. The van der Waals surface area contributed by atoms with Gasteiger partial charge in [0.05, 0.1) is 0 Å². The molecule has 0 aliphatic carbocycles. The van der Waals surface area contributed by atoms with Crippen molar-refractivity contribution in [3.63, 3.8) is 0 Å². The Morgan fingerprint density at radius 1 is 0.875 bits per heavy atom. The Labute approximate surface area is 93.3 Å². The van der Waals surface area contributed by atoms with Gasteiger partial charge >= 0.3 is 0 Å². The number of fused-ring (bicyclic) bond motifs is 3. The highest BCUT2D eigenvalue weighted by atomic mass is 16.1. The van der Waals surface area contributed by atoms with Gasteiger partial charge in [-0.3, -0.25) is 4.79 Å². The smallest absolute Gasteiger partial charge is 0.150 e. The van der Waals surface area contributed by atoms with Gasteiger partial charge in [0, 0.05) is 5.56 Å². The summed E-state index contributed by atoms with van der Waals surface area (Å²) in [4.78, 5) is 10.9. The van der Waals surface area contributed by atoms with E-state index in [0.29, 0.717) is 0 Å². The lowest BCUT2D eigenvalue weighted by Crippen LogP contribution is -1.84. The van der Waals surface area contributed by atoms with Crippen LogP contribution in [0.2, 0.25) is 0 Å². The Balaban J connectivity index is 2.57. The second-order valence-electron chi connectivity index (χ2n) is 3.76. The predicted molar refractivity (Wildman–Crippen MR) is 65.7 cm³/mol. The number of hydrogen-bond donors (Lipinski definition) is 0. The summed E-state index contributed by atoms with van der Waals surface area (Å²) in [5, 5.41) is 4.30. The van der Waals surface area contributed by atoms with Crippen molar-refractivity contribution < 1.29 is 4.79 Å². The van der Waals surface area contributed by atoms with Crippen LogP contribution in [-0.4, -0.2) is 6.29 Å². The van der Waals surface area contributed by atoms with E-state index in [1.807, 2.05) is 42.5 Å². The Kier molecular flexibility index (Phi) is 1.97. The molecule has 0 amide bonds. The standard InChI is InChI=1S/C15H9O/c16-10-12-5-3-7-15-13-6-2-1-4-11(13)8-9-14(12)15/h1-7,9-10H. The van der Waals surface area contributed by atoms with Crippen LogP contribution in [0.4, 0.5) is 0 Å². The highest BCUT2D eigenvalue weighted by Gasteiger charge is 2.03. The third kappa shape index (κ3) is 1.22. The summed E-state index contributed by atoms with van der Waals surface area (Å²) < 4.78 is 0. The van der Waals surface area contributed by atoms with Crippen molar-refractivity contribution in [2.24, 2.45) is 0 Å². The molecular formula is C15H9O. The van der Waals surface area contributed by atoms with Gasteiger partial charge in [-0.05, 0) is 33.7 Å². The number of benzene rings is 3. The zero-order valence-electron chi connectivity index (χ0n) is 8.60. The highest BCUT2D eigenvalue weighted by molar-refractivity contribution is 6.11. The minimum Gasteiger partial charge on any atom is -0.298 e. The molecule has 1 heteroatoms. The van der Waals surface area contributed by atoms with Crippen LogP contribution in [0.15, 0.2) is 48.5 Å². The average Bonchev–Trinajstić information content (AvgIpc) is 2.37. The number of aldehydes is 1. The van der Waals surface area contributed by atoms with Gasteiger partial charge in [0.15, 0.2) is 6.29 Å². The number of carbonyl (C=O) groups is 1. The van der Waals surface area contributed by atoms with Crippen LogP contribution < -0.4 is 0 Å². The lowest BCUT2D eigenvalue weighted by atomic mass is 9.99. The second-order valence-corrected chi connectivity index (χ2v) is 3.76. The van der Waals surface area contributed by atoms with Crippen molar-refractivity contribution in [3.8, 4) is 0 Å². The molecule has 0 bridgehead atoms. The molecule has 0 unspecified atom stereocenters. The molecule has 0 spiro atoms. The van der Waals surface area contributed by atoms with Crippen LogP contribution in [0.5, 0.6) is 0 Å². The van der Waals surface area contributed by atoms with Gasteiger partial charge in [-0.15, -0.1) is 0 Å². The van der Waals surface area contributed by atoms with E-state index >= 15 is 0 Å². The topological polar surface area (TPSA) is 17.1 Å². The van der Waals surface area contributed by atoms with Gasteiger partial charge in [-0.25, -0.2) is 0 Å². The van der Waals surface area contributed by atoms with Gasteiger partial charge in [-0.1, -0.05) is 42.5 Å². The van der Waals surface area contributed by atoms with Crippen LogP contribution in [0.3, 0.4) is 0 Å². The minimum atomic E-state index is 0.722. The highest BCUT2D eigenvalue weighted by Crippen LogP contribution is 2.26. The van der Waals surface area contributed by atoms with Gasteiger partial charge in [-0.2, -0.15) is 0 Å². The van der Waals surface area contributed by atoms with Crippen LogP contribution in [-0.2, 0) is 0 Å². The molecular weight excluding hydrogens is 196 g/mol. The van der Waals surface area contributed by atoms with E-state index in [4.69, 9.17) is 0 Å². The Morgan fingerprint density at radius 2 is 1.69 bits per heavy atom. The molecule has 1 radical (unpaired) electrons. The van der Waals surface area contributed by atoms with E-state index in [2.05, 4.69) is 12.1 Å². The van der Waals surface area contributed by atoms with Crippen LogP contribution >= 0.6 is 0 Å². The third-order valence-electron chi connectivity index (χ3n) is 2.86. The maximum Gasteiger partial charge on any atom is 0.150 e. The summed E-state index contributed by atoms with van der Waals surface area (Å²) in [5.41, 5.74) is 0.722. The molecule has 0 saturated carbocycles. The minimum absolute atomic E-state index is 0.722. The Hall–Kier alpha value is -2.15. The molecule has 3 aromatic carbocycles. The molecule has 16 heavy (non-hydrogen) atoms. The summed E-state index contributed by atoms with van der Waals surface area (Å²) >= 11 is 0. The van der Waals surface area contributed by atoms with Gasteiger partial charge < -0.3 is 0 Å². The molecule has 1 nitrogen and oxygen atoms in total.